The van der Waals surface area contributed by atoms with E-state index in [0.717, 1.165) is 25.9 Å². The molecule has 1 heterocycles. The van der Waals surface area contributed by atoms with Gasteiger partial charge in [0.05, 0.1) is 38.6 Å². The quantitative estimate of drug-likeness (QED) is 0.456. The lowest BCUT2D eigenvalue weighted by molar-refractivity contribution is -0.169. The highest BCUT2D eigenvalue weighted by molar-refractivity contribution is 5.89. The number of hydrogen-bond acceptors (Lipinski definition) is 6. The Morgan fingerprint density at radius 3 is 2.38 bits per heavy atom. The van der Waals surface area contributed by atoms with Crippen LogP contribution in [0, 0.1) is 0 Å². The van der Waals surface area contributed by atoms with Crippen LogP contribution in [0.15, 0.2) is 30.3 Å². The van der Waals surface area contributed by atoms with E-state index in [0.29, 0.717) is 38.6 Å². The highest BCUT2D eigenvalue weighted by atomic mass is 16.7. The van der Waals surface area contributed by atoms with Gasteiger partial charge in [-0.25, -0.2) is 4.79 Å². The summed E-state index contributed by atoms with van der Waals surface area (Å²) in [6.45, 7) is 3.37. The number of ether oxygens (including phenoxy) is 5. The van der Waals surface area contributed by atoms with Crippen molar-refractivity contribution in [1.29, 1.82) is 0 Å². The van der Waals surface area contributed by atoms with Crippen LogP contribution in [0.25, 0.3) is 0 Å². The fraction of sp³-hybridized carbons (Fsp3) is 0.611. The van der Waals surface area contributed by atoms with E-state index < -0.39 is 0 Å². The van der Waals surface area contributed by atoms with Crippen LogP contribution in [0.2, 0.25) is 0 Å². The predicted octanol–water partition coefficient (Wildman–Crippen LogP) is 2.42. The molecule has 0 bridgehead atoms. The molecule has 0 aromatic heterocycles. The standard InChI is InChI=1S/C18H26O6/c19-18(16-6-2-1-3-7-16)24-15-13-21-11-10-20-12-14-23-17-8-4-5-9-22-17/h1-3,6-7,17H,4-5,8-15H2. The van der Waals surface area contributed by atoms with Gasteiger partial charge < -0.3 is 23.7 Å². The summed E-state index contributed by atoms with van der Waals surface area (Å²) >= 11 is 0. The first-order valence-corrected chi connectivity index (χ1v) is 8.47. The van der Waals surface area contributed by atoms with Gasteiger partial charge in [-0.1, -0.05) is 18.2 Å². The van der Waals surface area contributed by atoms with Crippen LogP contribution < -0.4 is 0 Å². The molecule has 24 heavy (non-hydrogen) atoms. The molecule has 6 heteroatoms. The van der Waals surface area contributed by atoms with Gasteiger partial charge in [0.15, 0.2) is 6.29 Å². The molecule has 134 valence electrons. The molecule has 1 unspecified atom stereocenters. The topological polar surface area (TPSA) is 63.2 Å². The Bertz CT molecular complexity index is 444. The number of esters is 1. The smallest absolute Gasteiger partial charge is 0.338 e. The van der Waals surface area contributed by atoms with Crippen LogP contribution in [0.4, 0.5) is 0 Å². The second-order valence-corrected chi connectivity index (χ2v) is 5.39. The molecule has 1 atom stereocenters. The zero-order chi connectivity index (χ0) is 16.9. The first-order valence-electron chi connectivity index (χ1n) is 8.47. The number of carbonyl (C=O) groups is 1. The summed E-state index contributed by atoms with van der Waals surface area (Å²) in [6.07, 6.45) is 3.17. The Balaban J connectivity index is 1.36. The first-order chi connectivity index (χ1) is 11.9. The summed E-state index contributed by atoms with van der Waals surface area (Å²) in [5.41, 5.74) is 0.544. The molecular formula is C18H26O6. The van der Waals surface area contributed by atoms with Crippen molar-refractivity contribution in [2.75, 3.05) is 46.2 Å². The molecule has 2 rings (SSSR count). The molecule has 0 aliphatic carbocycles. The fourth-order valence-electron chi connectivity index (χ4n) is 2.25. The SMILES string of the molecule is O=C(OCCOCCOCCOC1CCCCO1)c1ccccc1. The van der Waals surface area contributed by atoms with E-state index in [1.165, 1.54) is 0 Å². The lowest BCUT2D eigenvalue weighted by Crippen LogP contribution is -2.24. The molecule has 1 saturated heterocycles. The van der Waals surface area contributed by atoms with E-state index in [2.05, 4.69) is 0 Å². The maximum absolute atomic E-state index is 11.7. The van der Waals surface area contributed by atoms with Gasteiger partial charge in [-0.2, -0.15) is 0 Å². The fourth-order valence-corrected chi connectivity index (χ4v) is 2.25. The maximum atomic E-state index is 11.7. The molecule has 0 amide bonds. The molecule has 1 fully saturated rings. The van der Waals surface area contributed by atoms with Crippen LogP contribution in [0.5, 0.6) is 0 Å². The summed E-state index contributed by atoms with van der Waals surface area (Å²) < 4.78 is 26.9. The molecule has 1 aliphatic heterocycles. The van der Waals surface area contributed by atoms with Crippen molar-refractivity contribution in [2.45, 2.75) is 25.6 Å². The van der Waals surface area contributed by atoms with Crippen LogP contribution in [0.1, 0.15) is 29.6 Å². The van der Waals surface area contributed by atoms with E-state index in [4.69, 9.17) is 23.7 Å². The van der Waals surface area contributed by atoms with E-state index in [-0.39, 0.29) is 18.9 Å². The molecule has 0 saturated carbocycles. The number of carbonyl (C=O) groups excluding carboxylic acids is 1. The van der Waals surface area contributed by atoms with E-state index in [9.17, 15) is 4.79 Å². The number of rotatable bonds is 11. The summed E-state index contributed by atoms with van der Waals surface area (Å²) in [5, 5.41) is 0. The third kappa shape index (κ3) is 7.88. The maximum Gasteiger partial charge on any atom is 0.338 e. The zero-order valence-electron chi connectivity index (χ0n) is 14.0. The van der Waals surface area contributed by atoms with Crippen LogP contribution in [0.3, 0.4) is 0 Å². The summed E-state index contributed by atoms with van der Waals surface area (Å²) in [6, 6.07) is 8.89. The first kappa shape index (κ1) is 18.9. The Labute approximate surface area is 143 Å². The normalized spacial score (nSPS) is 17.6. The lowest BCUT2D eigenvalue weighted by atomic mass is 10.2. The predicted molar refractivity (Wildman–Crippen MR) is 87.9 cm³/mol. The van der Waals surface area contributed by atoms with Crippen LogP contribution in [-0.4, -0.2) is 58.5 Å². The summed E-state index contributed by atoms with van der Waals surface area (Å²) in [4.78, 5) is 11.7. The molecule has 1 aromatic rings. The largest absolute Gasteiger partial charge is 0.460 e. The minimum atomic E-state index is -0.336. The van der Waals surface area contributed by atoms with E-state index >= 15 is 0 Å². The Hall–Kier alpha value is -1.47. The summed E-state index contributed by atoms with van der Waals surface area (Å²) in [7, 11) is 0. The van der Waals surface area contributed by atoms with Gasteiger partial charge in [0, 0.05) is 6.61 Å². The van der Waals surface area contributed by atoms with Gasteiger partial charge in [-0.05, 0) is 31.4 Å². The molecule has 1 aliphatic rings. The van der Waals surface area contributed by atoms with Crippen molar-refractivity contribution in [2.24, 2.45) is 0 Å². The minimum Gasteiger partial charge on any atom is -0.460 e. The molecule has 0 radical (unpaired) electrons. The third-order valence-corrected chi connectivity index (χ3v) is 3.51. The van der Waals surface area contributed by atoms with Crippen LogP contribution >= 0.6 is 0 Å². The average molecular weight is 338 g/mol. The highest BCUT2D eigenvalue weighted by Crippen LogP contribution is 2.13. The number of benzene rings is 1. The van der Waals surface area contributed by atoms with Crippen molar-refractivity contribution >= 4 is 5.97 Å². The number of hydrogen-bond donors (Lipinski definition) is 0. The van der Waals surface area contributed by atoms with Gasteiger partial charge >= 0.3 is 5.97 Å². The summed E-state index contributed by atoms with van der Waals surface area (Å²) in [5.74, 6) is -0.336. The van der Waals surface area contributed by atoms with Gasteiger partial charge in [0.2, 0.25) is 0 Å². The van der Waals surface area contributed by atoms with E-state index in [1.54, 1.807) is 24.3 Å². The van der Waals surface area contributed by atoms with E-state index in [1.807, 2.05) is 6.07 Å². The Morgan fingerprint density at radius 2 is 1.67 bits per heavy atom. The van der Waals surface area contributed by atoms with Crippen molar-refractivity contribution in [3.8, 4) is 0 Å². The van der Waals surface area contributed by atoms with Gasteiger partial charge in [-0.15, -0.1) is 0 Å². The molecular weight excluding hydrogens is 312 g/mol. The van der Waals surface area contributed by atoms with Crippen molar-refractivity contribution in [3.63, 3.8) is 0 Å². The third-order valence-electron chi connectivity index (χ3n) is 3.51. The van der Waals surface area contributed by atoms with Crippen molar-refractivity contribution in [1.82, 2.24) is 0 Å². The molecule has 0 spiro atoms. The molecule has 0 N–H and O–H groups in total. The molecule has 6 nitrogen and oxygen atoms in total. The van der Waals surface area contributed by atoms with Gasteiger partial charge in [-0.3, -0.25) is 0 Å². The average Bonchev–Trinajstić information content (AvgIpc) is 2.64. The van der Waals surface area contributed by atoms with Crippen molar-refractivity contribution in [3.05, 3.63) is 35.9 Å². The van der Waals surface area contributed by atoms with Crippen LogP contribution in [-0.2, 0) is 23.7 Å². The second kappa shape index (κ2) is 12.0. The molecule has 1 aromatic carbocycles. The monoisotopic (exact) mass is 338 g/mol. The second-order valence-electron chi connectivity index (χ2n) is 5.39. The minimum absolute atomic E-state index is 0.0714. The van der Waals surface area contributed by atoms with Crippen molar-refractivity contribution < 1.29 is 28.5 Å². The van der Waals surface area contributed by atoms with Gasteiger partial charge in [0.25, 0.3) is 0 Å². The lowest BCUT2D eigenvalue weighted by Gasteiger charge is -2.22. The Kier molecular flexibility index (Phi) is 9.41. The zero-order valence-corrected chi connectivity index (χ0v) is 14.0. The Morgan fingerprint density at radius 1 is 0.958 bits per heavy atom. The highest BCUT2D eigenvalue weighted by Gasteiger charge is 2.13. The van der Waals surface area contributed by atoms with Gasteiger partial charge in [0.1, 0.15) is 6.61 Å².